The van der Waals surface area contributed by atoms with Gasteiger partial charge in [0.15, 0.2) is 11.5 Å². The van der Waals surface area contributed by atoms with E-state index in [1.54, 1.807) is 7.11 Å². The Hall–Kier alpha value is -1.71. The highest BCUT2D eigenvalue weighted by Crippen LogP contribution is 2.30. The maximum absolute atomic E-state index is 11.8. The fraction of sp³-hybridized carbons (Fsp3) is 0.611. The van der Waals surface area contributed by atoms with Crippen LogP contribution < -0.4 is 14.8 Å². The summed E-state index contributed by atoms with van der Waals surface area (Å²) < 4.78 is 11.2. The van der Waals surface area contributed by atoms with Gasteiger partial charge in [0.25, 0.3) is 0 Å². The van der Waals surface area contributed by atoms with Crippen LogP contribution in [0.25, 0.3) is 0 Å². The Labute approximate surface area is 134 Å². The first kappa shape index (κ1) is 18.3. The molecule has 0 radical (unpaired) electrons. The molecule has 0 saturated carbocycles. The SMILES string of the molecule is CCCCCOc1ccc([C@@H](C)NC(=O)C(C)C)cc1OC. The van der Waals surface area contributed by atoms with Crippen molar-refractivity contribution in [1.82, 2.24) is 5.32 Å². The average Bonchev–Trinajstić information content (AvgIpc) is 2.51. The monoisotopic (exact) mass is 307 g/mol. The number of unbranched alkanes of at least 4 members (excludes halogenated alkanes) is 2. The van der Waals surface area contributed by atoms with Crippen molar-refractivity contribution in [1.29, 1.82) is 0 Å². The molecule has 1 aromatic carbocycles. The van der Waals surface area contributed by atoms with Crippen molar-refractivity contribution in [2.24, 2.45) is 5.92 Å². The Kier molecular flexibility index (Phi) is 7.78. The van der Waals surface area contributed by atoms with Crippen LogP contribution >= 0.6 is 0 Å². The Bertz CT molecular complexity index is 471. The van der Waals surface area contributed by atoms with Crippen LogP contribution in [-0.2, 0) is 4.79 Å². The second kappa shape index (κ2) is 9.34. The van der Waals surface area contributed by atoms with E-state index in [2.05, 4.69) is 12.2 Å². The lowest BCUT2D eigenvalue weighted by Crippen LogP contribution is -2.30. The molecule has 0 bridgehead atoms. The van der Waals surface area contributed by atoms with Crippen LogP contribution in [-0.4, -0.2) is 19.6 Å². The predicted molar refractivity (Wildman–Crippen MR) is 89.4 cm³/mol. The normalized spacial score (nSPS) is 12.1. The lowest BCUT2D eigenvalue weighted by molar-refractivity contribution is -0.124. The molecule has 1 amide bonds. The molecule has 22 heavy (non-hydrogen) atoms. The van der Waals surface area contributed by atoms with Crippen molar-refractivity contribution in [3.8, 4) is 11.5 Å². The standard InChI is InChI=1S/C18H29NO3/c1-6-7-8-11-22-16-10-9-15(12-17(16)21-5)14(4)19-18(20)13(2)3/h9-10,12-14H,6-8,11H2,1-5H3,(H,19,20)/t14-/m1/s1. The summed E-state index contributed by atoms with van der Waals surface area (Å²) >= 11 is 0. The second-order valence-corrected chi connectivity index (χ2v) is 5.85. The Balaban J connectivity index is 2.72. The molecule has 0 aliphatic heterocycles. The molecular formula is C18H29NO3. The highest BCUT2D eigenvalue weighted by molar-refractivity contribution is 5.78. The average molecular weight is 307 g/mol. The largest absolute Gasteiger partial charge is 0.493 e. The molecule has 4 heteroatoms. The summed E-state index contributed by atoms with van der Waals surface area (Å²) in [5.74, 6) is 1.49. The lowest BCUT2D eigenvalue weighted by atomic mass is 10.1. The van der Waals surface area contributed by atoms with Gasteiger partial charge in [-0.2, -0.15) is 0 Å². The third-order valence-corrected chi connectivity index (χ3v) is 3.58. The van der Waals surface area contributed by atoms with Gasteiger partial charge in [0.2, 0.25) is 5.91 Å². The zero-order valence-electron chi connectivity index (χ0n) is 14.4. The first-order chi connectivity index (χ1) is 10.5. The van der Waals surface area contributed by atoms with Crippen LogP contribution in [0.4, 0.5) is 0 Å². The van der Waals surface area contributed by atoms with Gasteiger partial charge in [-0.05, 0) is 31.0 Å². The maximum Gasteiger partial charge on any atom is 0.223 e. The molecule has 0 spiro atoms. The first-order valence-corrected chi connectivity index (χ1v) is 8.10. The fourth-order valence-electron chi connectivity index (χ4n) is 2.07. The summed E-state index contributed by atoms with van der Waals surface area (Å²) in [7, 11) is 1.63. The molecular weight excluding hydrogens is 278 g/mol. The number of carbonyl (C=O) groups excluding carboxylic acids is 1. The molecule has 0 aromatic heterocycles. The Morgan fingerprint density at radius 3 is 2.50 bits per heavy atom. The number of amides is 1. The van der Waals surface area contributed by atoms with Crippen molar-refractivity contribution in [2.45, 2.75) is 53.0 Å². The van der Waals surface area contributed by atoms with Crippen molar-refractivity contribution in [3.05, 3.63) is 23.8 Å². The number of hydrogen-bond acceptors (Lipinski definition) is 3. The van der Waals surface area contributed by atoms with Crippen molar-refractivity contribution < 1.29 is 14.3 Å². The van der Waals surface area contributed by atoms with Crippen LogP contribution in [0, 0.1) is 5.92 Å². The molecule has 0 unspecified atom stereocenters. The van der Waals surface area contributed by atoms with Gasteiger partial charge < -0.3 is 14.8 Å². The maximum atomic E-state index is 11.8. The quantitative estimate of drug-likeness (QED) is 0.699. The van der Waals surface area contributed by atoms with Crippen molar-refractivity contribution in [2.75, 3.05) is 13.7 Å². The molecule has 0 saturated heterocycles. The van der Waals surface area contributed by atoms with E-state index in [0.717, 1.165) is 17.7 Å². The van der Waals surface area contributed by atoms with E-state index in [0.29, 0.717) is 12.4 Å². The van der Waals surface area contributed by atoms with Crippen LogP contribution in [0.5, 0.6) is 11.5 Å². The predicted octanol–water partition coefficient (Wildman–Crippen LogP) is 4.10. The number of methoxy groups -OCH3 is 1. The van der Waals surface area contributed by atoms with Gasteiger partial charge >= 0.3 is 0 Å². The van der Waals surface area contributed by atoms with E-state index in [-0.39, 0.29) is 17.9 Å². The minimum atomic E-state index is -0.0575. The number of nitrogens with one attached hydrogen (secondary N) is 1. The van der Waals surface area contributed by atoms with Gasteiger partial charge in [0, 0.05) is 5.92 Å². The highest BCUT2D eigenvalue weighted by Gasteiger charge is 2.14. The fourth-order valence-corrected chi connectivity index (χ4v) is 2.07. The van der Waals surface area contributed by atoms with Crippen LogP contribution in [0.3, 0.4) is 0 Å². The number of ether oxygens (including phenoxy) is 2. The van der Waals surface area contributed by atoms with Crippen LogP contribution in [0.1, 0.15) is 58.6 Å². The third-order valence-electron chi connectivity index (χ3n) is 3.58. The zero-order chi connectivity index (χ0) is 16.5. The van der Waals surface area contributed by atoms with Gasteiger partial charge in [0.05, 0.1) is 19.8 Å². The second-order valence-electron chi connectivity index (χ2n) is 5.85. The Morgan fingerprint density at radius 1 is 1.18 bits per heavy atom. The molecule has 1 N–H and O–H groups in total. The molecule has 1 aromatic rings. The zero-order valence-corrected chi connectivity index (χ0v) is 14.4. The summed E-state index contributed by atoms with van der Waals surface area (Å²) in [6.07, 6.45) is 3.38. The summed E-state index contributed by atoms with van der Waals surface area (Å²) in [5, 5.41) is 2.99. The highest BCUT2D eigenvalue weighted by atomic mass is 16.5. The van der Waals surface area contributed by atoms with E-state index >= 15 is 0 Å². The summed E-state index contributed by atoms with van der Waals surface area (Å²) in [5.41, 5.74) is 1.01. The molecule has 0 fully saturated rings. The van der Waals surface area contributed by atoms with E-state index < -0.39 is 0 Å². The van der Waals surface area contributed by atoms with Crippen LogP contribution in [0.15, 0.2) is 18.2 Å². The summed E-state index contributed by atoms with van der Waals surface area (Å²) in [6, 6.07) is 5.76. The minimum absolute atomic E-state index is 0.0227. The lowest BCUT2D eigenvalue weighted by Gasteiger charge is -2.18. The first-order valence-electron chi connectivity index (χ1n) is 8.10. The van der Waals surface area contributed by atoms with Gasteiger partial charge in [-0.1, -0.05) is 39.7 Å². The van der Waals surface area contributed by atoms with Crippen LogP contribution in [0.2, 0.25) is 0 Å². The van der Waals surface area contributed by atoms with E-state index in [1.807, 2.05) is 39.0 Å². The minimum Gasteiger partial charge on any atom is -0.493 e. The number of rotatable bonds is 9. The Morgan fingerprint density at radius 2 is 1.91 bits per heavy atom. The molecule has 0 aliphatic rings. The number of carbonyl (C=O) groups is 1. The molecule has 0 aliphatic carbocycles. The van der Waals surface area contributed by atoms with E-state index in [9.17, 15) is 4.79 Å². The van der Waals surface area contributed by atoms with Gasteiger partial charge in [-0.25, -0.2) is 0 Å². The van der Waals surface area contributed by atoms with Crippen molar-refractivity contribution >= 4 is 5.91 Å². The van der Waals surface area contributed by atoms with Gasteiger partial charge in [0.1, 0.15) is 0 Å². The molecule has 0 heterocycles. The van der Waals surface area contributed by atoms with Gasteiger partial charge in [-0.15, -0.1) is 0 Å². The summed E-state index contributed by atoms with van der Waals surface area (Å²) in [4.78, 5) is 11.8. The van der Waals surface area contributed by atoms with Gasteiger partial charge in [-0.3, -0.25) is 4.79 Å². The molecule has 1 rings (SSSR count). The van der Waals surface area contributed by atoms with E-state index in [4.69, 9.17) is 9.47 Å². The molecule has 4 nitrogen and oxygen atoms in total. The number of hydrogen-bond donors (Lipinski definition) is 1. The smallest absolute Gasteiger partial charge is 0.223 e. The molecule has 1 atom stereocenters. The van der Waals surface area contributed by atoms with E-state index in [1.165, 1.54) is 12.8 Å². The summed E-state index contributed by atoms with van der Waals surface area (Å²) in [6.45, 7) is 8.61. The third kappa shape index (κ3) is 5.58. The van der Waals surface area contributed by atoms with Crippen molar-refractivity contribution in [3.63, 3.8) is 0 Å². The molecule has 124 valence electrons. The number of benzene rings is 1. The topological polar surface area (TPSA) is 47.6 Å².